The number of hydrogen-bond donors (Lipinski definition) is 4. The number of nitrogens with one attached hydrogen (secondary N) is 3. The fourth-order valence-corrected chi connectivity index (χ4v) is 4.80. The Morgan fingerprint density at radius 1 is 0.955 bits per heavy atom. The third-order valence-electron chi connectivity index (χ3n) is 7.00. The van der Waals surface area contributed by atoms with Crippen LogP contribution >= 0.6 is 0 Å². The van der Waals surface area contributed by atoms with Gasteiger partial charge in [-0.1, -0.05) is 44.2 Å². The number of carbonyl (C=O) groups excluding carboxylic acids is 3. The zero-order chi connectivity index (χ0) is 31.2. The molecule has 0 fully saturated rings. The van der Waals surface area contributed by atoms with Gasteiger partial charge in [0, 0.05) is 12.2 Å². The summed E-state index contributed by atoms with van der Waals surface area (Å²) in [5, 5.41) is 18.0. The Kier molecular flexibility index (Phi) is 9.08. The molecule has 0 spiro atoms. The van der Waals surface area contributed by atoms with Crippen molar-refractivity contribution in [2.24, 2.45) is 5.92 Å². The molecule has 44 heavy (non-hydrogen) atoms. The van der Waals surface area contributed by atoms with E-state index in [9.17, 15) is 24.3 Å². The molecule has 0 aliphatic carbocycles. The van der Waals surface area contributed by atoms with Crippen LogP contribution in [-0.4, -0.2) is 53.2 Å². The molecule has 0 bridgehead atoms. The van der Waals surface area contributed by atoms with Gasteiger partial charge in [0.05, 0.1) is 12.3 Å². The molecule has 0 unspecified atom stereocenters. The predicted octanol–water partition coefficient (Wildman–Crippen LogP) is 3.87. The molecular weight excluding hydrogens is 568 g/mol. The van der Waals surface area contributed by atoms with E-state index < -0.39 is 29.7 Å². The number of nitrogens with zero attached hydrogens (tertiary/aromatic N) is 1. The maximum absolute atomic E-state index is 13.1. The van der Waals surface area contributed by atoms with Gasteiger partial charge in [-0.3, -0.25) is 19.2 Å². The highest BCUT2D eigenvalue weighted by Crippen LogP contribution is 2.34. The topological polar surface area (TPSA) is 169 Å². The second kappa shape index (κ2) is 13.3. The van der Waals surface area contributed by atoms with Crippen molar-refractivity contribution in [1.82, 2.24) is 15.6 Å². The Morgan fingerprint density at radius 2 is 1.70 bits per heavy atom. The molecule has 1 aliphatic heterocycles. The molecule has 0 saturated carbocycles. The van der Waals surface area contributed by atoms with E-state index in [2.05, 4.69) is 20.9 Å². The largest absolute Gasteiger partial charge is 0.481 e. The summed E-state index contributed by atoms with van der Waals surface area (Å²) in [5.74, 6) is -2.49. The van der Waals surface area contributed by atoms with Gasteiger partial charge in [0.1, 0.15) is 11.6 Å². The molecule has 2 heterocycles. The molecule has 1 aliphatic rings. The maximum Gasteiger partial charge on any atom is 0.312 e. The Labute approximate surface area is 252 Å². The average Bonchev–Trinajstić information content (AvgIpc) is 3.64. The quantitative estimate of drug-likeness (QED) is 0.189. The first kappa shape index (κ1) is 30.1. The summed E-state index contributed by atoms with van der Waals surface area (Å²) in [5.41, 5.74) is 2.71. The van der Waals surface area contributed by atoms with Crippen molar-refractivity contribution in [3.05, 3.63) is 83.7 Å². The van der Waals surface area contributed by atoms with E-state index in [1.54, 1.807) is 66.7 Å². The van der Waals surface area contributed by atoms with E-state index in [1.807, 2.05) is 13.8 Å². The molecule has 4 aromatic rings. The number of para-hydroxylation sites is 2. The van der Waals surface area contributed by atoms with Crippen molar-refractivity contribution >= 4 is 40.5 Å². The molecule has 3 aromatic carbocycles. The maximum atomic E-state index is 13.1. The molecule has 1 aromatic heterocycles. The first-order valence-corrected chi connectivity index (χ1v) is 14.1. The first-order chi connectivity index (χ1) is 21.2. The van der Waals surface area contributed by atoms with E-state index in [1.165, 1.54) is 0 Å². The van der Waals surface area contributed by atoms with E-state index in [0.717, 1.165) is 0 Å². The smallest absolute Gasteiger partial charge is 0.312 e. The fraction of sp³-hybridized carbons (Fsp3) is 0.281. The highest BCUT2D eigenvalue weighted by Gasteiger charge is 2.27. The lowest BCUT2D eigenvalue weighted by atomic mass is 9.98. The summed E-state index contributed by atoms with van der Waals surface area (Å²) >= 11 is 0. The molecule has 228 valence electrons. The number of oxazole rings is 1. The molecule has 12 heteroatoms. The van der Waals surface area contributed by atoms with Gasteiger partial charge in [-0.15, -0.1) is 0 Å². The van der Waals surface area contributed by atoms with Gasteiger partial charge in [0.25, 0.3) is 5.89 Å². The summed E-state index contributed by atoms with van der Waals surface area (Å²) in [6.07, 6.45) is 0.357. The monoisotopic (exact) mass is 600 g/mol. The Hall–Kier alpha value is -5.39. The lowest BCUT2D eigenvalue weighted by Crippen LogP contribution is -2.49. The average molecular weight is 601 g/mol. The van der Waals surface area contributed by atoms with Crippen LogP contribution in [0.2, 0.25) is 0 Å². The minimum atomic E-state index is -1.11. The summed E-state index contributed by atoms with van der Waals surface area (Å²) in [6.45, 7) is 3.74. The van der Waals surface area contributed by atoms with Crippen molar-refractivity contribution in [1.29, 1.82) is 0 Å². The SMILES string of the molecule is CC(C)C[C@H](NC(=O)Cc1ccc(NC(=O)c2nc3ccccc3o2)cc1)C(=O)NC[C@@H](C(=O)O)c1ccc2c(c1)OCO2. The number of carboxylic acid groups (broad SMARTS) is 1. The Balaban J connectivity index is 1.16. The van der Waals surface area contributed by atoms with Gasteiger partial charge in [0.15, 0.2) is 17.1 Å². The summed E-state index contributed by atoms with van der Waals surface area (Å²) < 4.78 is 16.1. The molecule has 4 N–H and O–H groups in total. The fourth-order valence-electron chi connectivity index (χ4n) is 4.80. The van der Waals surface area contributed by atoms with Gasteiger partial charge in [-0.2, -0.15) is 0 Å². The highest BCUT2D eigenvalue weighted by molar-refractivity contribution is 6.02. The number of fused-ring (bicyclic) bond motifs is 2. The third-order valence-corrected chi connectivity index (χ3v) is 7.00. The molecule has 12 nitrogen and oxygen atoms in total. The zero-order valence-electron chi connectivity index (χ0n) is 24.2. The van der Waals surface area contributed by atoms with Crippen LogP contribution in [0.3, 0.4) is 0 Å². The normalized spacial score (nSPS) is 13.3. The van der Waals surface area contributed by atoms with Crippen molar-refractivity contribution in [3.8, 4) is 11.5 Å². The molecular formula is C32H32N4O8. The summed E-state index contributed by atoms with van der Waals surface area (Å²) in [4.78, 5) is 54.8. The van der Waals surface area contributed by atoms with Crippen molar-refractivity contribution in [2.75, 3.05) is 18.7 Å². The van der Waals surface area contributed by atoms with Crippen LogP contribution in [0.5, 0.6) is 11.5 Å². The van der Waals surface area contributed by atoms with Crippen LogP contribution in [-0.2, 0) is 20.8 Å². The standard InChI is InChI=1S/C32H32N4O8/c1-18(2)13-24(29(38)33-16-22(32(40)41)20-9-12-26-27(15-20)43-17-42-26)35-28(37)14-19-7-10-21(11-8-19)34-30(39)31-36-23-5-3-4-6-25(23)44-31/h3-12,15,18,22,24H,13-14,16-17H2,1-2H3,(H,33,38)(H,34,39)(H,35,37)(H,40,41)/t22-,24+/m1/s1. The number of aliphatic carboxylic acids is 1. The van der Waals surface area contributed by atoms with Crippen LogP contribution in [0.15, 0.2) is 71.1 Å². The lowest BCUT2D eigenvalue weighted by Gasteiger charge is -2.22. The minimum Gasteiger partial charge on any atom is -0.481 e. The van der Waals surface area contributed by atoms with Gasteiger partial charge < -0.3 is 34.9 Å². The number of benzene rings is 3. The highest BCUT2D eigenvalue weighted by atomic mass is 16.7. The molecule has 3 amide bonds. The number of amides is 3. The second-order valence-electron chi connectivity index (χ2n) is 10.8. The van der Waals surface area contributed by atoms with Crippen molar-refractivity contribution in [2.45, 2.75) is 38.6 Å². The number of hydrogen-bond acceptors (Lipinski definition) is 8. The van der Waals surface area contributed by atoms with Gasteiger partial charge in [-0.25, -0.2) is 4.98 Å². The van der Waals surface area contributed by atoms with Crippen LogP contribution in [0.1, 0.15) is 48.0 Å². The summed E-state index contributed by atoms with van der Waals surface area (Å²) in [7, 11) is 0. The van der Waals surface area contributed by atoms with E-state index >= 15 is 0 Å². The number of ether oxygens (including phenoxy) is 2. The minimum absolute atomic E-state index is 0.00379. The van der Waals surface area contributed by atoms with E-state index in [4.69, 9.17) is 13.9 Å². The zero-order valence-corrected chi connectivity index (χ0v) is 24.2. The summed E-state index contributed by atoms with van der Waals surface area (Å²) in [6, 6.07) is 17.8. The van der Waals surface area contributed by atoms with E-state index in [0.29, 0.717) is 45.8 Å². The Bertz CT molecular complexity index is 1650. The van der Waals surface area contributed by atoms with Gasteiger partial charge in [0.2, 0.25) is 18.6 Å². The lowest BCUT2D eigenvalue weighted by molar-refractivity contribution is -0.139. The number of carbonyl (C=O) groups is 4. The Morgan fingerprint density at radius 3 is 2.43 bits per heavy atom. The van der Waals surface area contributed by atoms with Crippen LogP contribution < -0.4 is 25.4 Å². The molecule has 2 atom stereocenters. The van der Waals surface area contributed by atoms with Gasteiger partial charge in [-0.05, 0) is 59.9 Å². The molecule has 5 rings (SSSR count). The molecule has 0 saturated heterocycles. The number of anilines is 1. The molecule has 0 radical (unpaired) electrons. The van der Waals surface area contributed by atoms with Crippen LogP contribution in [0.4, 0.5) is 5.69 Å². The van der Waals surface area contributed by atoms with Gasteiger partial charge >= 0.3 is 11.9 Å². The number of carboxylic acids is 1. The van der Waals surface area contributed by atoms with Crippen LogP contribution in [0, 0.1) is 5.92 Å². The second-order valence-corrected chi connectivity index (χ2v) is 10.8. The number of aromatic nitrogens is 1. The van der Waals surface area contributed by atoms with E-state index in [-0.39, 0.29) is 37.5 Å². The van der Waals surface area contributed by atoms with Crippen molar-refractivity contribution < 1.29 is 38.2 Å². The third kappa shape index (κ3) is 7.33. The van der Waals surface area contributed by atoms with Crippen LogP contribution in [0.25, 0.3) is 11.1 Å². The van der Waals surface area contributed by atoms with Crippen molar-refractivity contribution in [3.63, 3.8) is 0 Å². The predicted molar refractivity (Wildman–Crippen MR) is 159 cm³/mol. The first-order valence-electron chi connectivity index (χ1n) is 14.1. The number of rotatable bonds is 12.